The highest BCUT2D eigenvalue weighted by Gasteiger charge is 2.12. The van der Waals surface area contributed by atoms with Gasteiger partial charge in [0.05, 0.1) is 12.2 Å². The van der Waals surface area contributed by atoms with Crippen molar-refractivity contribution in [3.63, 3.8) is 0 Å². The maximum absolute atomic E-state index is 4.65. The second kappa shape index (κ2) is 6.45. The van der Waals surface area contributed by atoms with Crippen LogP contribution in [0.5, 0.6) is 0 Å². The van der Waals surface area contributed by atoms with Gasteiger partial charge < -0.3 is 4.90 Å². The largest absolute Gasteiger partial charge is 0.341 e. The minimum absolute atomic E-state index is 0.751. The second-order valence-corrected chi connectivity index (χ2v) is 5.33. The zero-order valence-electron chi connectivity index (χ0n) is 11.8. The van der Waals surface area contributed by atoms with Crippen LogP contribution in [0.15, 0.2) is 54.7 Å². The first-order valence-corrected chi connectivity index (χ1v) is 7.68. The molecule has 3 aromatic rings. The summed E-state index contributed by atoms with van der Waals surface area (Å²) in [5.74, 6) is 0.787. The van der Waals surface area contributed by atoms with Crippen molar-refractivity contribution in [3.05, 3.63) is 60.4 Å². The number of pyridine rings is 1. The summed E-state index contributed by atoms with van der Waals surface area (Å²) < 4.78 is 4.47. The lowest BCUT2D eigenvalue weighted by Crippen LogP contribution is -2.22. The quantitative estimate of drug-likeness (QED) is 0.721. The minimum atomic E-state index is 0.751. The van der Waals surface area contributed by atoms with Crippen LogP contribution < -0.4 is 4.90 Å². The smallest absolute Gasteiger partial charge is 0.205 e. The van der Waals surface area contributed by atoms with E-state index in [0.717, 1.165) is 35.3 Å². The molecule has 0 spiro atoms. The maximum atomic E-state index is 4.65. The van der Waals surface area contributed by atoms with Crippen LogP contribution in [0.2, 0.25) is 0 Å². The first kappa shape index (κ1) is 13.7. The highest BCUT2D eigenvalue weighted by atomic mass is 32.1. The number of hydrogen-bond donors (Lipinski definition) is 0. The third-order valence-corrected chi connectivity index (χ3v) is 3.96. The molecule has 5 heteroatoms. The van der Waals surface area contributed by atoms with Crippen LogP contribution in [0, 0.1) is 0 Å². The van der Waals surface area contributed by atoms with Gasteiger partial charge in [-0.15, -0.1) is 0 Å². The Morgan fingerprint density at radius 3 is 2.57 bits per heavy atom. The summed E-state index contributed by atoms with van der Waals surface area (Å²) in [5, 5.41) is 0.932. The van der Waals surface area contributed by atoms with Crippen molar-refractivity contribution < 1.29 is 0 Å². The monoisotopic (exact) mass is 296 g/mol. The lowest BCUT2D eigenvalue weighted by molar-refractivity contribution is 0.805. The van der Waals surface area contributed by atoms with Gasteiger partial charge in [0.15, 0.2) is 5.82 Å². The number of anilines is 1. The highest BCUT2D eigenvalue weighted by Crippen LogP contribution is 2.24. The zero-order valence-corrected chi connectivity index (χ0v) is 12.6. The summed E-state index contributed by atoms with van der Waals surface area (Å²) in [4.78, 5) is 11.2. The number of aromatic nitrogens is 3. The lowest BCUT2D eigenvalue weighted by atomic mass is 10.2. The molecule has 0 aliphatic heterocycles. The number of rotatable bonds is 5. The Hall–Kier alpha value is -2.27. The third-order valence-electron chi connectivity index (χ3n) is 3.18. The van der Waals surface area contributed by atoms with Crippen LogP contribution >= 0.6 is 11.5 Å². The molecule has 0 N–H and O–H groups in total. The summed E-state index contributed by atoms with van der Waals surface area (Å²) in [6.07, 6.45) is 1.82. The summed E-state index contributed by atoms with van der Waals surface area (Å²) in [6, 6.07) is 16.0. The van der Waals surface area contributed by atoms with Crippen LogP contribution in [-0.2, 0) is 6.54 Å². The normalized spacial score (nSPS) is 10.5. The molecule has 0 atom stereocenters. The summed E-state index contributed by atoms with van der Waals surface area (Å²) in [5.41, 5.74) is 2.09. The van der Waals surface area contributed by atoms with Gasteiger partial charge in [-0.2, -0.15) is 9.36 Å². The van der Waals surface area contributed by atoms with E-state index in [1.54, 1.807) is 0 Å². The van der Waals surface area contributed by atoms with E-state index in [1.807, 2.05) is 54.7 Å². The Balaban J connectivity index is 1.81. The maximum Gasteiger partial charge on any atom is 0.205 e. The molecular formula is C16H16N4S. The van der Waals surface area contributed by atoms with Crippen molar-refractivity contribution in [1.29, 1.82) is 0 Å². The Morgan fingerprint density at radius 1 is 1.05 bits per heavy atom. The van der Waals surface area contributed by atoms with E-state index in [-0.39, 0.29) is 0 Å². The summed E-state index contributed by atoms with van der Waals surface area (Å²) in [7, 11) is 0. The van der Waals surface area contributed by atoms with Gasteiger partial charge in [0.1, 0.15) is 0 Å². The second-order valence-electron chi connectivity index (χ2n) is 4.60. The molecule has 0 bridgehead atoms. The van der Waals surface area contributed by atoms with Gasteiger partial charge in [0.25, 0.3) is 0 Å². The topological polar surface area (TPSA) is 41.9 Å². The third kappa shape index (κ3) is 3.25. The van der Waals surface area contributed by atoms with Gasteiger partial charge in [-0.05, 0) is 19.1 Å². The van der Waals surface area contributed by atoms with Crippen LogP contribution in [0.3, 0.4) is 0 Å². The molecule has 0 radical (unpaired) electrons. The van der Waals surface area contributed by atoms with Crippen molar-refractivity contribution >= 4 is 16.7 Å². The van der Waals surface area contributed by atoms with E-state index in [1.165, 1.54) is 11.5 Å². The molecule has 0 aliphatic rings. The van der Waals surface area contributed by atoms with E-state index < -0.39 is 0 Å². The van der Waals surface area contributed by atoms with Gasteiger partial charge in [0.2, 0.25) is 5.13 Å². The van der Waals surface area contributed by atoms with Crippen molar-refractivity contribution in [3.8, 4) is 11.4 Å². The molecular weight excluding hydrogens is 280 g/mol. The van der Waals surface area contributed by atoms with Crippen molar-refractivity contribution in [2.45, 2.75) is 13.5 Å². The van der Waals surface area contributed by atoms with Crippen LogP contribution in [0.25, 0.3) is 11.4 Å². The van der Waals surface area contributed by atoms with Gasteiger partial charge in [-0.3, -0.25) is 4.98 Å². The van der Waals surface area contributed by atoms with Gasteiger partial charge in [-0.1, -0.05) is 36.4 Å². The lowest BCUT2D eigenvalue weighted by Gasteiger charge is -2.18. The number of benzene rings is 1. The van der Waals surface area contributed by atoms with Crippen LogP contribution in [0.1, 0.15) is 12.6 Å². The standard InChI is InChI=1S/C16H16N4S/c1-2-20(12-14-10-6-7-11-17-14)16-18-15(19-21-16)13-8-4-3-5-9-13/h3-11H,2,12H2,1H3. The molecule has 2 heterocycles. The fourth-order valence-electron chi connectivity index (χ4n) is 2.05. The molecule has 0 amide bonds. The Labute approximate surface area is 128 Å². The van der Waals surface area contributed by atoms with Crippen LogP contribution in [-0.4, -0.2) is 20.9 Å². The van der Waals surface area contributed by atoms with Gasteiger partial charge >= 0.3 is 0 Å². The number of nitrogens with zero attached hydrogens (tertiary/aromatic N) is 4. The van der Waals surface area contributed by atoms with Gasteiger partial charge in [0, 0.05) is 29.8 Å². The first-order valence-electron chi connectivity index (χ1n) is 6.91. The summed E-state index contributed by atoms with van der Waals surface area (Å²) in [6.45, 7) is 3.74. The van der Waals surface area contributed by atoms with E-state index in [0.29, 0.717) is 0 Å². The first-order chi connectivity index (χ1) is 10.4. The fraction of sp³-hybridized carbons (Fsp3) is 0.188. The molecule has 4 nitrogen and oxygen atoms in total. The van der Waals surface area contributed by atoms with Crippen molar-refractivity contribution in [1.82, 2.24) is 14.3 Å². The molecule has 0 aliphatic carbocycles. The van der Waals surface area contributed by atoms with E-state index in [2.05, 4.69) is 26.2 Å². The Bertz CT molecular complexity index is 682. The molecule has 0 saturated carbocycles. The molecule has 0 fully saturated rings. The highest BCUT2D eigenvalue weighted by molar-refractivity contribution is 7.09. The molecule has 21 heavy (non-hydrogen) atoms. The Morgan fingerprint density at radius 2 is 1.86 bits per heavy atom. The summed E-state index contributed by atoms with van der Waals surface area (Å²) >= 11 is 1.43. The van der Waals surface area contributed by atoms with E-state index >= 15 is 0 Å². The van der Waals surface area contributed by atoms with Crippen molar-refractivity contribution in [2.24, 2.45) is 0 Å². The van der Waals surface area contributed by atoms with Gasteiger partial charge in [-0.25, -0.2) is 0 Å². The molecule has 3 rings (SSSR count). The average Bonchev–Trinajstić information content (AvgIpc) is 3.04. The fourth-order valence-corrected chi connectivity index (χ4v) is 2.80. The Kier molecular flexibility index (Phi) is 4.21. The predicted octanol–water partition coefficient (Wildman–Crippen LogP) is 3.63. The molecule has 106 valence electrons. The minimum Gasteiger partial charge on any atom is -0.341 e. The van der Waals surface area contributed by atoms with Crippen LogP contribution in [0.4, 0.5) is 5.13 Å². The molecule has 0 saturated heterocycles. The molecule has 0 unspecified atom stereocenters. The zero-order chi connectivity index (χ0) is 14.5. The number of hydrogen-bond acceptors (Lipinski definition) is 5. The SMILES string of the molecule is CCN(Cc1ccccn1)c1nc(-c2ccccc2)ns1. The predicted molar refractivity (Wildman–Crippen MR) is 86.3 cm³/mol. The van der Waals surface area contributed by atoms with E-state index in [4.69, 9.17) is 0 Å². The molecule has 1 aromatic carbocycles. The average molecular weight is 296 g/mol. The van der Waals surface area contributed by atoms with Crippen molar-refractivity contribution in [2.75, 3.05) is 11.4 Å². The van der Waals surface area contributed by atoms with E-state index in [9.17, 15) is 0 Å². The molecule has 2 aromatic heterocycles.